The smallest absolute Gasteiger partial charge is 0.238 e. The van der Waals surface area contributed by atoms with Crippen LogP contribution in [0.4, 0.5) is 5.69 Å². The van der Waals surface area contributed by atoms with Gasteiger partial charge < -0.3 is 10.4 Å². The van der Waals surface area contributed by atoms with E-state index < -0.39 is 21.6 Å². The molecule has 2 rings (SSSR count). The number of allylic oxidation sites excluding steroid dienone is 2. The summed E-state index contributed by atoms with van der Waals surface area (Å²) in [5.74, 6) is -1.60. The molecular weight excluding hydrogens is 416 g/mol. The highest BCUT2D eigenvalue weighted by Gasteiger charge is 2.28. The highest BCUT2D eigenvalue weighted by atomic mass is 32.2. The number of Topliss-reactive ketones (excluding diaryl/α,β-unsaturated/α-hetero) is 1. The van der Waals surface area contributed by atoms with Crippen molar-refractivity contribution in [3.63, 3.8) is 0 Å². The van der Waals surface area contributed by atoms with Crippen LogP contribution < -0.4 is 10.5 Å². The van der Waals surface area contributed by atoms with Crippen LogP contribution >= 0.6 is 0 Å². The van der Waals surface area contributed by atoms with Crippen molar-refractivity contribution in [2.75, 3.05) is 5.32 Å². The van der Waals surface area contributed by atoms with E-state index in [2.05, 4.69) is 12.2 Å². The van der Waals surface area contributed by atoms with E-state index in [1.165, 1.54) is 56.4 Å². The molecular formula is C23H32N2O5S. The van der Waals surface area contributed by atoms with Crippen molar-refractivity contribution in [3.05, 3.63) is 47.4 Å². The average molecular weight is 449 g/mol. The van der Waals surface area contributed by atoms with E-state index in [0.717, 1.165) is 31.8 Å². The lowest BCUT2D eigenvalue weighted by Crippen LogP contribution is -2.24. The van der Waals surface area contributed by atoms with Crippen molar-refractivity contribution in [1.29, 1.82) is 0 Å². The Bertz CT molecular complexity index is 947. The third-order valence-corrected chi connectivity index (χ3v) is 6.24. The molecule has 1 aromatic carbocycles. The van der Waals surface area contributed by atoms with E-state index in [0.29, 0.717) is 12.1 Å². The lowest BCUT2D eigenvalue weighted by Gasteiger charge is -2.18. The maximum atomic E-state index is 12.2. The molecule has 0 amide bonds. The maximum Gasteiger partial charge on any atom is 0.238 e. The summed E-state index contributed by atoms with van der Waals surface area (Å²) in [6.45, 7) is 2.20. The summed E-state index contributed by atoms with van der Waals surface area (Å²) < 4.78 is 22.7. The number of ketones is 2. The van der Waals surface area contributed by atoms with Gasteiger partial charge in [0, 0.05) is 17.3 Å². The zero-order chi connectivity index (χ0) is 22.9. The summed E-state index contributed by atoms with van der Waals surface area (Å²) in [7, 11) is -3.81. The van der Waals surface area contributed by atoms with Gasteiger partial charge in [0.25, 0.3) is 0 Å². The summed E-state index contributed by atoms with van der Waals surface area (Å²) in [6, 6.07) is 5.57. The zero-order valence-corrected chi connectivity index (χ0v) is 18.8. The molecule has 0 aliphatic heterocycles. The van der Waals surface area contributed by atoms with Crippen LogP contribution in [-0.2, 0) is 19.6 Å². The standard InChI is InChI=1S/C23H32N2O5S/c1-2-3-4-5-6-7-8-9-10-11-19-22(27)20(16-21(26)23(19)28)25-17-12-14-18(15-13-17)31(24,29)30/h12-16,25,27H,2-11H2,1H3,(H2,24,29,30). The first-order valence-electron chi connectivity index (χ1n) is 10.9. The largest absolute Gasteiger partial charge is 0.505 e. The number of nitrogens with two attached hydrogens (primary N) is 1. The van der Waals surface area contributed by atoms with E-state index in [1.54, 1.807) is 0 Å². The number of anilines is 1. The van der Waals surface area contributed by atoms with Crippen LogP contribution in [0.2, 0.25) is 0 Å². The highest BCUT2D eigenvalue weighted by Crippen LogP contribution is 2.26. The number of primary sulfonamides is 1. The number of benzene rings is 1. The van der Waals surface area contributed by atoms with Crippen molar-refractivity contribution in [1.82, 2.24) is 0 Å². The van der Waals surface area contributed by atoms with E-state index in [1.807, 2.05) is 0 Å². The number of nitrogens with one attached hydrogen (secondary N) is 1. The van der Waals surface area contributed by atoms with E-state index in [-0.39, 0.29) is 21.9 Å². The molecule has 0 aromatic heterocycles. The van der Waals surface area contributed by atoms with E-state index >= 15 is 0 Å². The fourth-order valence-electron chi connectivity index (χ4n) is 3.51. The molecule has 1 aromatic rings. The van der Waals surface area contributed by atoms with Crippen LogP contribution in [0.5, 0.6) is 0 Å². The van der Waals surface area contributed by atoms with Gasteiger partial charge >= 0.3 is 0 Å². The number of hydrogen-bond donors (Lipinski definition) is 3. The second-order valence-electron chi connectivity index (χ2n) is 7.85. The van der Waals surface area contributed by atoms with Crippen LogP contribution in [0.25, 0.3) is 0 Å². The van der Waals surface area contributed by atoms with Gasteiger partial charge in [-0.3, -0.25) is 9.59 Å². The quantitative estimate of drug-likeness (QED) is 0.231. The van der Waals surface area contributed by atoms with Crippen molar-refractivity contribution < 1.29 is 23.1 Å². The van der Waals surface area contributed by atoms with Crippen LogP contribution in [0, 0.1) is 0 Å². The number of aliphatic hydroxyl groups is 1. The van der Waals surface area contributed by atoms with Crippen molar-refractivity contribution in [3.8, 4) is 0 Å². The second-order valence-corrected chi connectivity index (χ2v) is 9.41. The third-order valence-electron chi connectivity index (χ3n) is 5.31. The van der Waals surface area contributed by atoms with Gasteiger partial charge in [0.1, 0.15) is 5.76 Å². The molecule has 170 valence electrons. The highest BCUT2D eigenvalue weighted by molar-refractivity contribution is 7.89. The van der Waals surface area contributed by atoms with Gasteiger partial charge in [0.05, 0.1) is 10.6 Å². The first-order chi connectivity index (χ1) is 14.7. The van der Waals surface area contributed by atoms with Crippen LogP contribution in [0.3, 0.4) is 0 Å². The Morgan fingerprint density at radius 3 is 2.00 bits per heavy atom. The summed E-state index contributed by atoms with van der Waals surface area (Å²) in [5, 5.41) is 18.5. The van der Waals surface area contributed by atoms with Crippen molar-refractivity contribution >= 4 is 27.3 Å². The van der Waals surface area contributed by atoms with Gasteiger partial charge in [-0.05, 0) is 37.1 Å². The van der Waals surface area contributed by atoms with Gasteiger partial charge in [0.2, 0.25) is 21.6 Å². The Labute approximate surface area is 184 Å². The Morgan fingerprint density at radius 1 is 0.903 bits per heavy atom. The number of carbonyl (C=O) groups is 2. The molecule has 0 unspecified atom stereocenters. The van der Waals surface area contributed by atoms with Crippen molar-refractivity contribution in [2.24, 2.45) is 5.14 Å². The number of hydrogen-bond acceptors (Lipinski definition) is 6. The van der Waals surface area contributed by atoms with Gasteiger partial charge in [-0.2, -0.15) is 0 Å². The summed E-state index contributed by atoms with van der Waals surface area (Å²) in [6.07, 6.45) is 11.6. The Hall–Kier alpha value is -2.45. The lowest BCUT2D eigenvalue weighted by molar-refractivity contribution is -0.132. The summed E-state index contributed by atoms with van der Waals surface area (Å²) in [4.78, 5) is 24.3. The topological polar surface area (TPSA) is 127 Å². The molecule has 1 aliphatic rings. The van der Waals surface area contributed by atoms with E-state index in [9.17, 15) is 23.1 Å². The molecule has 0 atom stereocenters. The maximum absolute atomic E-state index is 12.2. The fourth-order valence-corrected chi connectivity index (χ4v) is 4.02. The Balaban J connectivity index is 1.92. The molecule has 0 bridgehead atoms. The second kappa shape index (κ2) is 11.8. The van der Waals surface area contributed by atoms with Gasteiger partial charge in [-0.15, -0.1) is 0 Å². The molecule has 0 saturated heterocycles. The predicted molar refractivity (Wildman–Crippen MR) is 121 cm³/mol. The lowest BCUT2D eigenvalue weighted by atomic mass is 9.93. The Kier molecular flexibility index (Phi) is 9.45. The molecule has 0 heterocycles. The number of rotatable bonds is 13. The molecule has 0 saturated carbocycles. The summed E-state index contributed by atoms with van der Waals surface area (Å²) >= 11 is 0. The molecule has 0 radical (unpaired) electrons. The van der Waals surface area contributed by atoms with Gasteiger partial charge in [-0.25, -0.2) is 13.6 Å². The third kappa shape index (κ3) is 7.63. The van der Waals surface area contributed by atoms with Gasteiger partial charge in [-0.1, -0.05) is 58.3 Å². The average Bonchev–Trinajstić information content (AvgIpc) is 2.72. The monoisotopic (exact) mass is 448 g/mol. The van der Waals surface area contributed by atoms with Crippen LogP contribution in [0.1, 0.15) is 71.1 Å². The first kappa shape index (κ1) is 24.8. The zero-order valence-electron chi connectivity index (χ0n) is 18.0. The van der Waals surface area contributed by atoms with Gasteiger partial charge in [0.15, 0.2) is 0 Å². The number of unbranched alkanes of at least 4 members (excludes halogenated alkanes) is 8. The first-order valence-corrected chi connectivity index (χ1v) is 12.4. The molecule has 0 spiro atoms. The SMILES string of the molecule is CCCCCCCCCCCC1=C(O)C(Nc2ccc(S(N)(=O)=O)cc2)=CC(=O)C1=O. The molecule has 7 nitrogen and oxygen atoms in total. The minimum absolute atomic E-state index is 0.0484. The number of sulfonamides is 1. The normalized spacial score (nSPS) is 14.7. The minimum atomic E-state index is -3.81. The van der Waals surface area contributed by atoms with E-state index in [4.69, 9.17) is 5.14 Å². The molecule has 0 fully saturated rings. The van der Waals surface area contributed by atoms with Crippen molar-refractivity contribution in [2.45, 2.75) is 76.0 Å². The Morgan fingerprint density at radius 2 is 1.45 bits per heavy atom. The minimum Gasteiger partial charge on any atom is -0.505 e. The number of aliphatic hydroxyl groups excluding tert-OH is 1. The molecule has 4 N–H and O–H groups in total. The molecule has 8 heteroatoms. The molecule has 1 aliphatic carbocycles. The number of carbonyl (C=O) groups excluding carboxylic acids is 2. The summed E-state index contributed by atoms with van der Waals surface area (Å²) in [5.41, 5.74) is 0.702. The van der Waals surface area contributed by atoms with Crippen LogP contribution in [-0.4, -0.2) is 25.1 Å². The van der Waals surface area contributed by atoms with Crippen LogP contribution in [0.15, 0.2) is 52.3 Å². The predicted octanol–water partition coefficient (Wildman–Crippen LogP) is 4.51. The molecule has 31 heavy (non-hydrogen) atoms. The fraction of sp³-hybridized carbons (Fsp3) is 0.478.